The van der Waals surface area contributed by atoms with Gasteiger partial charge >= 0.3 is 12.1 Å². The van der Waals surface area contributed by atoms with Crippen LogP contribution >= 0.6 is 11.3 Å². The minimum Gasteiger partial charge on any atom is -0.329 e. The Morgan fingerprint density at radius 3 is 2.59 bits per heavy atom. The molecular weight excluding hydrogens is 443 g/mol. The summed E-state index contributed by atoms with van der Waals surface area (Å²) in [6.07, 6.45) is 5.18. The van der Waals surface area contributed by atoms with E-state index in [-0.39, 0.29) is 5.82 Å². The smallest absolute Gasteiger partial charge is 0.329 e. The predicted molar refractivity (Wildman–Crippen MR) is 110 cm³/mol. The Bertz CT molecular complexity index is 1370. The number of thiophene rings is 1. The molecule has 0 radical (unpaired) electrons. The van der Waals surface area contributed by atoms with Crippen molar-refractivity contribution in [2.45, 2.75) is 12.7 Å². The van der Waals surface area contributed by atoms with Crippen LogP contribution in [0.2, 0.25) is 0 Å². The highest BCUT2D eigenvalue weighted by molar-refractivity contribution is 7.15. The molecule has 0 spiro atoms. The molecule has 5 rings (SSSR count). The Balaban J connectivity index is 1.51. The van der Waals surface area contributed by atoms with Gasteiger partial charge in [0, 0.05) is 46.6 Å². The highest BCUT2D eigenvalue weighted by Crippen LogP contribution is 2.34. The van der Waals surface area contributed by atoms with Gasteiger partial charge in [0.2, 0.25) is 5.82 Å². The third-order valence-electron chi connectivity index (χ3n) is 4.49. The lowest BCUT2D eigenvalue weighted by molar-refractivity contribution is -0.159. The number of hydrogen-bond acceptors (Lipinski definition) is 9. The number of aromatic nitrogens is 6. The zero-order valence-corrected chi connectivity index (χ0v) is 16.9. The molecule has 0 fully saturated rings. The molecule has 0 saturated heterocycles. The van der Waals surface area contributed by atoms with Crippen LogP contribution in [-0.2, 0) is 12.7 Å². The average molecular weight is 455 g/mol. The van der Waals surface area contributed by atoms with Crippen LogP contribution in [0.1, 0.15) is 10.8 Å². The first kappa shape index (κ1) is 20.0. The number of halogens is 3. The van der Waals surface area contributed by atoms with E-state index in [9.17, 15) is 13.2 Å². The second-order valence-electron chi connectivity index (χ2n) is 6.57. The Morgan fingerprint density at radius 2 is 1.81 bits per heavy atom. The van der Waals surface area contributed by atoms with Crippen LogP contribution in [0.4, 0.5) is 24.8 Å². The van der Waals surface area contributed by atoms with Crippen molar-refractivity contribution < 1.29 is 17.7 Å². The molecule has 0 amide bonds. The van der Waals surface area contributed by atoms with Crippen LogP contribution in [0.3, 0.4) is 0 Å². The van der Waals surface area contributed by atoms with Gasteiger partial charge in [-0.05, 0) is 24.3 Å². The number of fused-ring (bicyclic) bond motifs is 1. The lowest BCUT2D eigenvalue weighted by Crippen LogP contribution is -2.18. The van der Waals surface area contributed by atoms with E-state index in [0.29, 0.717) is 23.1 Å². The van der Waals surface area contributed by atoms with Crippen LogP contribution < -0.4 is 4.90 Å². The van der Waals surface area contributed by atoms with Gasteiger partial charge < -0.3 is 9.42 Å². The summed E-state index contributed by atoms with van der Waals surface area (Å²) in [5, 5.41) is 5.23. The molecule has 5 heterocycles. The van der Waals surface area contributed by atoms with Gasteiger partial charge in [-0.3, -0.25) is 9.97 Å². The van der Waals surface area contributed by atoms with Crippen LogP contribution in [0.5, 0.6) is 0 Å². The first-order valence-corrected chi connectivity index (χ1v) is 10.0. The summed E-state index contributed by atoms with van der Waals surface area (Å²) < 4.78 is 42.7. The standard InChI is InChI=1S/C20H12F3N7OS/c21-20(22,23)19-28-17(29-31-19)15-2-1-13(32-15)11-30(16-10-25-7-8-26-16)18-14-4-5-24-9-12(14)3-6-27-18/h1-10H,11H2. The first-order chi connectivity index (χ1) is 15.5. The molecule has 0 aliphatic carbocycles. The maximum absolute atomic E-state index is 12.8. The largest absolute Gasteiger partial charge is 0.471 e. The number of hydrogen-bond donors (Lipinski definition) is 0. The van der Waals surface area contributed by atoms with Crippen molar-refractivity contribution in [3.05, 3.63) is 72.2 Å². The Morgan fingerprint density at radius 1 is 0.938 bits per heavy atom. The van der Waals surface area contributed by atoms with E-state index in [1.807, 2.05) is 17.0 Å². The topological polar surface area (TPSA) is 93.7 Å². The summed E-state index contributed by atoms with van der Waals surface area (Å²) in [6.45, 7) is 0.349. The van der Waals surface area contributed by atoms with Gasteiger partial charge in [-0.2, -0.15) is 18.2 Å². The number of rotatable bonds is 5. The van der Waals surface area contributed by atoms with Gasteiger partial charge in [-0.25, -0.2) is 9.97 Å². The summed E-state index contributed by atoms with van der Waals surface area (Å²) in [5.74, 6) is -0.274. The number of nitrogens with zero attached hydrogens (tertiary/aromatic N) is 7. The second kappa shape index (κ2) is 7.96. The molecule has 0 saturated carbocycles. The Kier molecular flexibility index (Phi) is 4.98. The van der Waals surface area contributed by atoms with Crippen LogP contribution in [0.25, 0.3) is 21.5 Å². The first-order valence-electron chi connectivity index (χ1n) is 9.21. The fourth-order valence-corrected chi connectivity index (χ4v) is 4.01. The molecule has 5 aromatic heterocycles. The van der Waals surface area contributed by atoms with Gasteiger partial charge in [0.1, 0.15) is 5.82 Å². The predicted octanol–water partition coefficient (Wildman–Crippen LogP) is 4.89. The quantitative estimate of drug-likeness (QED) is 0.370. The van der Waals surface area contributed by atoms with Crippen molar-refractivity contribution >= 4 is 33.7 Å². The molecule has 160 valence electrons. The Labute approximate surface area is 182 Å². The molecule has 0 aromatic carbocycles. The molecule has 0 atom stereocenters. The van der Waals surface area contributed by atoms with E-state index in [2.05, 4.69) is 34.6 Å². The van der Waals surface area contributed by atoms with Crippen molar-refractivity contribution in [2.24, 2.45) is 0 Å². The molecular formula is C20H12F3N7OS. The van der Waals surface area contributed by atoms with Crippen molar-refractivity contribution in [2.75, 3.05) is 4.90 Å². The number of anilines is 2. The molecule has 0 N–H and O–H groups in total. The molecule has 12 heteroatoms. The van der Waals surface area contributed by atoms with Crippen LogP contribution in [0, 0.1) is 0 Å². The zero-order valence-electron chi connectivity index (χ0n) is 16.1. The lowest BCUT2D eigenvalue weighted by Gasteiger charge is -2.23. The van der Waals surface area contributed by atoms with Gasteiger partial charge in [-0.1, -0.05) is 5.16 Å². The highest BCUT2D eigenvalue weighted by Gasteiger charge is 2.38. The summed E-state index contributed by atoms with van der Waals surface area (Å²) >= 11 is 1.25. The monoisotopic (exact) mass is 455 g/mol. The van der Waals surface area contributed by atoms with Crippen molar-refractivity contribution in [3.63, 3.8) is 0 Å². The van der Waals surface area contributed by atoms with Gasteiger partial charge in [-0.15, -0.1) is 11.3 Å². The maximum atomic E-state index is 12.8. The average Bonchev–Trinajstić information content (AvgIpc) is 3.47. The number of pyridine rings is 2. The molecule has 32 heavy (non-hydrogen) atoms. The lowest BCUT2D eigenvalue weighted by atomic mass is 10.2. The molecule has 8 nitrogen and oxygen atoms in total. The third-order valence-corrected chi connectivity index (χ3v) is 5.56. The third kappa shape index (κ3) is 3.87. The summed E-state index contributed by atoms with van der Waals surface area (Å²) in [4.78, 5) is 23.9. The summed E-state index contributed by atoms with van der Waals surface area (Å²) in [5.41, 5.74) is 0. The fraction of sp³-hybridized carbons (Fsp3) is 0.100. The van der Waals surface area contributed by atoms with E-state index in [4.69, 9.17) is 0 Å². The Hall–Kier alpha value is -3.93. The van der Waals surface area contributed by atoms with E-state index in [1.165, 1.54) is 11.3 Å². The van der Waals surface area contributed by atoms with Crippen molar-refractivity contribution in [1.29, 1.82) is 0 Å². The minimum absolute atomic E-state index is 0.117. The second-order valence-corrected chi connectivity index (χ2v) is 7.74. The SMILES string of the molecule is FC(F)(F)c1nc(-c2ccc(CN(c3cnccn3)c3nccc4cnccc34)s2)no1. The molecule has 5 aromatic rings. The molecule has 0 aliphatic heterocycles. The maximum Gasteiger partial charge on any atom is 0.471 e. The zero-order chi connectivity index (χ0) is 22.1. The molecule has 0 aliphatic rings. The number of alkyl halides is 3. The van der Waals surface area contributed by atoms with E-state index >= 15 is 0 Å². The van der Waals surface area contributed by atoms with Crippen LogP contribution in [0.15, 0.2) is 66.0 Å². The molecule has 0 bridgehead atoms. The van der Waals surface area contributed by atoms with Crippen molar-refractivity contribution in [3.8, 4) is 10.7 Å². The van der Waals surface area contributed by atoms with Crippen molar-refractivity contribution in [1.82, 2.24) is 30.1 Å². The normalized spacial score (nSPS) is 11.7. The van der Waals surface area contributed by atoms with Gasteiger partial charge in [0.25, 0.3) is 0 Å². The van der Waals surface area contributed by atoms with E-state index < -0.39 is 12.1 Å². The van der Waals surface area contributed by atoms with E-state index in [1.54, 1.807) is 49.3 Å². The molecule has 0 unspecified atom stereocenters. The minimum atomic E-state index is -4.69. The van der Waals surface area contributed by atoms with Gasteiger partial charge in [0.05, 0.1) is 17.6 Å². The highest BCUT2D eigenvalue weighted by atomic mass is 32.1. The van der Waals surface area contributed by atoms with Crippen LogP contribution in [-0.4, -0.2) is 30.1 Å². The summed E-state index contributed by atoms with van der Waals surface area (Å²) in [6, 6.07) is 7.16. The fourth-order valence-electron chi connectivity index (χ4n) is 3.09. The van der Waals surface area contributed by atoms with E-state index in [0.717, 1.165) is 15.6 Å². The summed E-state index contributed by atoms with van der Waals surface area (Å²) in [7, 11) is 0. The van der Waals surface area contributed by atoms with Gasteiger partial charge in [0.15, 0.2) is 5.82 Å².